The lowest BCUT2D eigenvalue weighted by Crippen LogP contribution is -2.23. The van der Waals surface area contributed by atoms with Gasteiger partial charge in [-0.05, 0) is 38.1 Å². The first-order valence-electron chi connectivity index (χ1n) is 9.00. The van der Waals surface area contributed by atoms with E-state index < -0.39 is 11.9 Å². The van der Waals surface area contributed by atoms with Crippen molar-refractivity contribution < 1.29 is 18.3 Å². The summed E-state index contributed by atoms with van der Waals surface area (Å²) >= 11 is 1.18. The van der Waals surface area contributed by atoms with Crippen LogP contribution in [0.4, 0.5) is 20.3 Å². The van der Waals surface area contributed by atoms with Gasteiger partial charge in [0.25, 0.3) is 0 Å². The average molecular weight is 418 g/mol. The van der Waals surface area contributed by atoms with Gasteiger partial charge in [-0.1, -0.05) is 36.0 Å². The molecule has 29 heavy (non-hydrogen) atoms. The Morgan fingerprint density at radius 3 is 2.62 bits per heavy atom. The van der Waals surface area contributed by atoms with Crippen molar-refractivity contribution in [1.82, 2.24) is 9.97 Å². The molecule has 0 saturated heterocycles. The van der Waals surface area contributed by atoms with Gasteiger partial charge in [0.2, 0.25) is 5.91 Å². The number of halogens is 2. The summed E-state index contributed by atoms with van der Waals surface area (Å²) in [7, 11) is 0. The van der Waals surface area contributed by atoms with Crippen molar-refractivity contribution in [3.63, 3.8) is 0 Å². The van der Waals surface area contributed by atoms with Crippen LogP contribution in [0.25, 0.3) is 10.9 Å². The van der Waals surface area contributed by atoms with Gasteiger partial charge in [-0.25, -0.2) is 9.97 Å². The van der Waals surface area contributed by atoms with Crippen LogP contribution in [0.5, 0.6) is 5.75 Å². The maximum absolute atomic E-state index is 12.6. The van der Waals surface area contributed by atoms with Crippen LogP contribution in [0.1, 0.15) is 13.8 Å². The molecule has 1 aromatic heterocycles. The number of thioether (sulfide) groups is 1. The lowest BCUT2D eigenvalue weighted by Gasteiger charge is -2.15. The highest BCUT2D eigenvalue weighted by Gasteiger charge is 2.19. The number of fused-ring (bicyclic) bond motifs is 1. The number of aromatic nitrogens is 2. The number of hydrogen-bond donors (Lipinski definition) is 2. The summed E-state index contributed by atoms with van der Waals surface area (Å²) in [6.45, 7) is 1.39. The molecule has 0 aliphatic rings. The fourth-order valence-corrected chi connectivity index (χ4v) is 3.40. The number of para-hydroxylation sites is 3. The van der Waals surface area contributed by atoms with E-state index in [0.29, 0.717) is 17.5 Å². The summed E-state index contributed by atoms with van der Waals surface area (Å²) in [5.74, 6) is 0.232. The van der Waals surface area contributed by atoms with Gasteiger partial charge in [0.15, 0.2) is 5.16 Å². The molecule has 0 aliphatic heterocycles. The highest BCUT2D eigenvalue weighted by atomic mass is 32.2. The Kier molecular flexibility index (Phi) is 6.82. The van der Waals surface area contributed by atoms with E-state index in [0.717, 1.165) is 10.9 Å². The summed E-state index contributed by atoms with van der Waals surface area (Å²) in [5.41, 5.74) is 0.947. The van der Waals surface area contributed by atoms with Crippen molar-refractivity contribution in [3.8, 4) is 5.75 Å². The summed E-state index contributed by atoms with van der Waals surface area (Å²) < 4.78 is 29.5. The summed E-state index contributed by atoms with van der Waals surface area (Å²) in [6.07, 6.45) is 0. The Morgan fingerprint density at radius 1 is 1.14 bits per heavy atom. The molecular formula is C20H20F2N4O2S. The van der Waals surface area contributed by atoms with Crippen LogP contribution in [-0.4, -0.2) is 34.3 Å². The zero-order valence-corrected chi connectivity index (χ0v) is 16.7. The van der Waals surface area contributed by atoms with Gasteiger partial charge in [0.05, 0.1) is 16.5 Å². The number of nitrogens with zero attached hydrogens (tertiary/aromatic N) is 2. The minimum Gasteiger partial charge on any atom is -0.433 e. The first kappa shape index (κ1) is 20.8. The van der Waals surface area contributed by atoms with Crippen LogP contribution in [-0.2, 0) is 4.79 Å². The van der Waals surface area contributed by atoms with Gasteiger partial charge in [-0.3, -0.25) is 4.79 Å². The number of carbonyl (C=O) groups is 1. The van der Waals surface area contributed by atoms with Crippen LogP contribution < -0.4 is 15.4 Å². The van der Waals surface area contributed by atoms with Crippen molar-refractivity contribution in [2.24, 2.45) is 0 Å². The second kappa shape index (κ2) is 9.51. The molecule has 6 nitrogen and oxygen atoms in total. The fourth-order valence-electron chi connectivity index (χ4n) is 2.62. The molecule has 0 unspecified atom stereocenters. The van der Waals surface area contributed by atoms with Crippen LogP contribution in [0, 0.1) is 0 Å². The quantitative estimate of drug-likeness (QED) is 0.405. The molecular weight excluding hydrogens is 398 g/mol. The van der Waals surface area contributed by atoms with Crippen LogP contribution >= 0.6 is 11.8 Å². The van der Waals surface area contributed by atoms with E-state index in [4.69, 9.17) is 0 Å². The van der Waals surface area contributed by atoms with E-state index in [-0.39, 0.29) is 17.3 Å². The number of anilines is 2. The SMILES string of the molecule is CCNc1nc(S[C@@H](C)C(=O)Nc2ccccc2OC(F)F)nc2ccccc12. The highest BCUT2D eigenvalue weighted by molar-refractivity contribution is 8.00. The summed E-state index contributed by atoms with van der Waals surface area (Å²) in [5, 5.41) is 6.61. The van der Waals surface area contributed by atoms with Crippen molar-refractivity contribution >= 4 is 40.1 Å². The number of alkyl halides is 2. The molecule has 0 spiro atoms. The molecule has 0 radical (unpaired) electrons. The fraction of sp³-hybridized carbons (Fsp3) is 0.250. The molecule has 0 aliphatic carbocycles. The van der Waals surface area contributed by atoms with Crippen LogP contribution in [0.3, 0.4) is 0 Å². The number of ether oxygens (including phenoxy) is 1. The largest absolute Gasteiger partial charge is 0.433 e. The Hall–Kier alpha value is -2.94. The second-order valence-electron chi connectivity index (χ2n) is 6.03. The van der Waals surface area contributed by atoms with Gasteiger partial charge < -0.3 is 15.4 Å². The zero-order chi connectivity index (χ0) is 20.8. The third-order valence-electron chi connectivity index (χ3n) is 3.94. The number of carbonyl (C=O) groups excluding carboxylic acids is 1. The molecule has 0 fully saturated rings. The van der Waals surface area contributed by atoms with Crippen molar-refractivity contribution in [1.29, 1.82) is 0 Å². The highest BCUT2D eigenvalue weighted by Crippen LogP contribution is 2.29. The van der Waals surface area contributed by atoms with Gasteiger partial charge in [0, 0.05) is 11.9 Å². The van der Waals surface area contributed by atoms with E-state index >= 15 is 0 Å². The molecule has 1 atom stereocenters. The minimum atomic E-state index is -2.98. The van der Waals surface area contributed by atoms with Crippen molar-refractivity contribution in [3.05, 3.63) is 48.5 Å². The number of amides is 1. The van der Waals surface area contributed by atoms with Crippen molar-refractivity contribution in [2.75, 3.05) is 17.2 Å². The number of nitrogens with one attached hydrogen (secondary N) is 2. The molecule has 1 amide bonds. The van der Waals surface area contributed by atoms with Crippen LogP contribution in [0.15, 0.2) is 53.7 Å². The summed E-state index contributed by atoms with van der Waals surface area (Å²) in [6, 6.07) is 13.7. The van der Waals surface area contributed by atoms with Gasteiger partial charge in [0.1, 0.15) is 11.6 Å². The number of rotatable bonds is 8. The Morgan fingerprint density at radius 2 is 1.86 bits per heavy atom. The predicted octanol–water partition coefficient (Wildman–Crippen LogP) is 4.78. The van der Waals surface area contributed by atoms with Gasteiger partial charge >= 0.3 is 6.61 Å². The lowest BCUT2D eigenvalue weighted by molar-refractivity contribution is -0.115. The molecule has 152 valence electrons. The average Bonchev–Trinajstić information content (AvgIpc) is 2.69. The lowest BCUT2D eigenvalue weighted by atomic mass is 10.2. The molecule has 2 aromatic carbocycles. The Labute approximate surface area is 171 Å². The molecule has 0 bridgehead atoms. The maximum Gasteiger partial charge on any atom is 0.387 e. The number of benzene rings is 2. The van der Waals surface area contributed by atoms with E-state index in [9.17, 15) is 13.6 Å². The molecule has 0 saturated carbocycles. The maximum atomic E-state index is 12.6. The third kappa shape index (κ3) is 5.32. The first-order valence-corrected chi connectivity index (χ1v) is 9.88. The second-order valence-corrected chi connectivity index (χ2v) is 7.33. The number of hydrogen-bond acceptors (Lipinski definition) is 6. The molecule has 1 heterocycles. The van der Waals surface area contributed by atoms with E-state index in [2.05, 4.69) is 25.3 Å². The van der Waals surface area contributed by atoms with E-state index in [1.165, 1.54) is 23.9 Å². The molecule has 3 rings (SSSR count). The topological polar surface area (TPSA) is 76.1 Å². The van der Waals surface area contributed by atoms with Crippen molar-refractivity contribution in [2.45, 2.75) is 30.9 Å². The first-order chi connectivity index (χ1) is 14.0. The Bertz CT molecular complexity index is 1000. The zero-order valence-electron chi connectivity index (χ0n) is 15.9. The normalized spacial score (nSPS) is 12.0. The molecule has 3 aromatic rings. The standard InChI is InChI=1S/C20H20F2N4O2S/c1-3-23-17-13-8-4-5-9-14(13)25-20(26-17)29-12(2)18(27)24-15-10-6-7-11-16(15)28-19(21)22/h4-12,19H,3H2,1-2H3,(H,24,27)(H,23,25,26)/t12-/m0/s1. The van der Waals surface area contributed by atoms with E-state index in [1.54, 1.807) is 19.1 Å². The monoisotopic (exact) mass is 418 g/mol. The van der Waals surface area contributed by atoms with Crippen LogP contribution in [0.2, 0.25) is 0 Å². The summed E-state index contributed by atoms with van der Waals surface area (Å²) in [4.78, 5) is 21.6. The van der Waals surface area contributed by atoms with Gasteiger partial charge in [-0.15, -0.1) is 0 Å². The molecule has 9 heteroatoms. The predicted molar refractivity (Wildman–Crippen MR) is 111 cm³/mol. The van der Waals surface area contributed by atoms with Gasteiger partial charge in [-0.2, -0.15) is 8.78 Å². The molecule has 2 N–H and O–H groups in total. The minimum absolute atomic E-state index is 0.0931. The Balaban J connectivity index is 1.76. The third-order valence-corrected chi connectivity index (χ3v) is 4.90. The van der Waals surface area contributed by atoms with E-state index in [1.807, 2.05) is 31.2 Å². The smallest absolute Gasteiger partial charge is 0.387 e.